The number of nitrogens with two attached hydrogens (primary N) is 1. The van der Waals surface area contributed by atoms with E-state index in [2.05, 4.69) is 15.3 Å². The Morgan fingerprint density at radius 3 is 2.77 bits per heavy atom. The molecule has 0 radical (unpaired) electrons. The lowest BCUT2D eigenvalue weighted by Gasteiger charge is -2.22. The van der Waals surface area contributed by atoms with E-state index in [0.29, 0.717) is 37.3 Å². The van der Waals surface area contributed by atoms with Crippen LogP contribution in [0, 0.1) is 12.7 Å². The lowest BCUT2D eigenvalue weighted by molar-refractivity contribution is 0.0693. The minimum atomic E-state index is -0.999. The maximum atomic E-state index is 14.2. The first-order valence-corrected chi connectivity index (χ1v) is 9.39. The van der Waals surface area contributed by atoms with Crippen LogP contribution in [0.1, 0.15) is 34.8 Å². The highest BCUT2D eigenvalue weighted by atomic mass is 19.1. The van der Waals surface area contributed by atoms with Gasteiger partial charge in [0.15, 0.2) is 12.4 Å². The average molecular weight is 418 g/mol. The molecular weight excluding hydrogens is 398 g/mol. The zero-order chi connectivity index (χ0) is 21.4. The number of fused-ring (bicyclic) bond motifs is 1. The second-order valence-corrected chi connectivity index (χ2v) is 7.08. The molecule has 3 heterocycles. The number of carbonyl (C=O) groups is 1. The normalized spacial score (nSPS) is 14.9. The number of aryl methyl sites for hydroxylation is 1. The van der Waals surface area contributed by atoms with Crippen LogP contribution in [-0.2, 0) is 11.5 Å². The molecule has 0 spiro atoms. The molecule has 1 amide bonds. The predicted octanol–water partition coefficient (Wildman–Crippen LogP) is 2.16. The smallest absolute Gasteiger partial charge is 0.332 e. The van der Waals surface area contributed by atoms with Crippen molar-refractivity contribution in [3.8, 4) is 0 Å². The summed E-state index contributed by atoms with van der Waals surface area (Å²) in [6.07, 6.45) is 2.57. The zero-order valence-corrected chi connectivity index (χ0v) is 16.2. The summed E-state index contributed by atoms with van der Waals surface area (Å²) in [7, 11) is 0. The Morgan fingerprint density at radius 1 is 1.37 bits per heavy atom. The van der Waals surface area contributed by atoms with Crippen LogP contribution < -0.4 is 16.7 Å². The number of rotatable bonds is 5. The molecule has 3 N–H and O–H groups in total. The van der Waals surface area contributed by atoms with Crippen LogP contribution in [0.2, 0.25) is 0 Å². The van der Waals surface area contributed by atoms with Crippen molar-refractivity contribution in [2.24, 2.45) is 5.73 Å². The molecule has 1 aliphatic heterocycles. The first-order chi connectivity index (χ1) is 14.4. The van der Waals surface area contributed by atoms with E-state index in [9.17, 15) is 18.4 Å². The molecule has 1 aromatic carbocycles. The van der Waals surface area contributed by atoms with Gasteiger partial charge in [-0.1, -0.05) is 0 Å². The predicted molar refractivity (Wildman–Crippen MR) is 105 cm³/mol. The van der Waals surface area contributed by atoms with Crippen LogP contribution in [0.25, 0.3) is 11.2 Å². The van der Waals surface area contributed by atoms with Crippen LogP contribution in [0.15, 0.2) is 23.1 Å². The third-order valence-corrected chi connectivity index (χ3v) is 5.21. The van der Waals surface area contributed by atoms with Crippen LogP contribution in [0.5, 0.6) is 0 Å². The summed E-state index contributed by atoms with van der Waals surface area (Å²) in [4.78, 5) is 32.6. The van der Waals surface area contributed by atoms with Crippen molar-refractivity contribution in [2.45, 2.75) is 32.6 Å². The lowest BCUT2D eigenvalue weighted by Crippen LogP contribution is -2.30. The quantitative estimate of drug-likeness (QED) is 0.656. The monoisotopic (exact) mass is 418 g/mol. The van der Waals surface area contributed by atoms with E-state index in [-0.39, 0.29) is 28.7 Å². The van der Waals surface area contributed by atoms with Gasteiger partial charge in [-0.25, -0.2) is 18.6 Å². The Bertz CT molecular complexity index is 1180. The summed E-state index contributed by atoms with van der Waals surface area (Å²) in [5.41, 5.74) is 5.89. The van der Waals surface area contributed by atoms with Gasteiger partial charge in [-0.3, -0.25) is 13.9 Å². The molecule has 0 atom stereocenters. The van der Waals surface area contributed by atoms with Gasteiger partial charge in [0.2, 0.25) is 5.95 Å². The number of ether oxygens (including phenoxy) is 1. The van der Waals surface area contributed by atoms with Gasteiger partial charge in [0, 0.05) is 24.9 Å². The minimum Gasteiger partial charge on any atom is -0.381 e. The van der Waals surface area contributed by atoms with Gasteiger partial charge in [-0.2, -0.15) is 4.98 Å². The van der Waals surface area contributed by atoms with E-state index >= 15 is 0 Å². The Morgan fingerprint density at radius 2 is 2.10 bits per heavy atom. The number of anilines is 2. The van der Waals surface area contributed by atoms with Gasteiger partial charge in [0.05, 0.1) is 11.8 Å². The van der Waals surface area contributed by atoms with Crippen molar-refractivity contribution in [3.63, 3.8) is 0 Å². The van der Waals surface area contributed by atoms with Crippen LogP contribution in [0.3, 0.4) is 0 Å². The number of amides is 1. The molecule has 2 aromatic heterocycles. The van der Waals surface area contributed by atoms with Gasteiger partial charge >= 0.3 is 5.69 Å². The Balaban J connectivity index is 1.77. The molecular formula is C19H20F2N6O3. The van der Waals surface area contributed by atoms with Gasteiger partial charge in [-0.15, -0.1) is 0 Å². The summed E-state index contributed by atoms with van der Waals surface area (Å²) < 4.78 is 35.5. The first-order valence-electron chi connectivity index (χ1n) is 9.39. The first kappa shape index (κ1) is 20.0. The average Bonchev–Trinajstić information content (AvgIpc) is 3.01. The highest BCUT2D eigenvalue weighted by Gasteiger charge is 2.24. The maximum absolute atomic E-state index is 14.2. The van der Waals surface area contributed by atoms with Crippen molar-refractivity contribution in [2.75, 3.05) is 18.5 Å². The van der Waals surface area contributed by atoms with Crippen molar-refractivity contribution in [1.29, 1.82) is 0 Å². The molecule has 0 aliphatic carbocycles. The summed E-state index contributed by atoms with van der Waals surface area (Å²) >= 11 is 0. The summed E-state index contributed by atoms with van der Waals surface area (Å²) in [5, 5.41) is 2.89. The molecule has 0 unspecified atom stereocenters. The van der Waals surface area contributed by atoms with Gasteiger partial charge in [0.1, 0.15) is 11.3 Å². The number of imidazole rings is 1. The standard InChI is InChI=1S/C19H20F2N6O3/c1-10-6-12(16(22)28)13(21)7-14(10)24-18-23-8-15-17(25-18)27(19(29)26(15)9-20)11-2-4-30-5-3-11/h6-8,11H,2-5,9H2,1H3,(H2,22,28)(H,23,24,25). The highest BCUT2D eigenvalue weighted by molar-refractivity contribution is 5.94. The summed E-state index contributed by atoms with van der Waals surface area (Å²) in [6.45, 7) is 1.67. The van der Waals surface area contributed by atoms with Gasteiger partial charge in [-0.05, 0) is 37.5 Å². The second-order valence-electron chi connectivity index (χ2n) is 7.08. The molecule has 4 rings (SSSR count). The van der Waals surface area contributed by atoms with E-state index in [1.54, 1.807) is 6.92 Å². The van der Waals surface area contributed by atoms with Gasteiger partial charge in [0.25, 0.3) is 5.91 Å². The zero-order valence-electron chi connectivity index (χ0n) is 16.2. The lowest BCUT2D eigenvalue weighted by atomic mass is 10.1. The van der Waals surface area contributed by atoms with Crippen LogP contribution >= 0.6 is 0 Å². The van der Waals surface area contributed by atoms with E-state index in [1.807, 2.05) is 0 Å². The molecule has 11 heteroatoms. The Labute approximate surface area is 169 Å². The molecule has 0 saturated carbocycles. The number of hydrogen-bond donors (Lipinski definition) is 2. The van der Waals surface area contributed by atoms with Crippen LogP contribution in [-0.4, -0.2) is 38.2 Å². The molecule has 3 aromatic rings. The number of nitrogens with zero attached hydrogens (tertiary/aromatic N) is 4. The number of benzene rings is 1. The number of halogens is 2. The molecule has 9 nitrogen and oxygen atoms in total. The fraction of sp³-hybridized carbons (Fsp3) is 0.368. The minimum absolute atomic E-state index is 0.105. The van der Waals surface area contributed by atoms with Gasteiger partial charge < -0.3 is 15.8 Å². The number of nitrogens with one attached hydrogen (secondary N) is 1. The third-order valence-electron chi connectivity index (χ3n) is 5.21. The van der Waals surface area contributed by atoms with E-state index < -0.39 is 24.2 Å². The molecule has 1 aliphatic rings. The van der Waals surface area contributed by atoms with E-state index in [0.717, 1.165) is 10.6 Å². The van der Waals surface area contributed by atoms with E-state index in [1.165, 1.54) is 16.8 Å². The van der Waals surface area contributed by atoms with Crippen molar-refractivity contribution in [3.05, 3.63) is 45.8 Å². The topological polar surface area (TPSA) is 117 Å². The number of aromatic nitrogens is 4. The molecule has 30 heavy (non-hydrogen) atoms. The van der Waals surface area contributed by atoms with Crippen molar-refractivity contribution >= 4 is 28.7 Å². The molecule has 158 valence electrons. The Kier molecular flexibility index (Phi) is 5.20. The third kappa shape index (κ3) is 3.41. The number of primary amides is 1. The SMILES string of the molecule is Cc1cc(C(N)=O)c(F)cc1Nc1ncc2c(n1)n(C1CCOCC1)c(=O)n2CF. The number of alkyl halides is 1. The Hall–Kier alpha value is -3.34. The van der Waals surface area contributed by atoms with E-state index in [4.69, 9.17) is 10.5 Å². The van der Waals surface area contributed by atoms with Crippen molar-refractivity contribution in [1.82, 2.24) is 19.1 Å². The molecule has 1 saturated heterocycles. The number of carbonyl (C=O) groups excluding carboxylic acids is 1. The molecule has 1 fully saturated rings. The van der Waals surface area contributed by atoms with Crippen LogP contribution in [0.4, 0.5) is 20.4 Å². The highest BCUT2D eigenvalue weighted by Crippen LogP contribution is 2.26. The fourth-order valence-electron chi connectivity index (χ4n) is 3.63. The number of hydrogen-bond acceptors (Lipinski definition) is 6. The second kappa shape index (κ2) is 7.82. The summed E-state index contributed by atoms with van der Waals surface area (Å²) in [6, 6.07) is 2.29. The summed E-state index contributed by atoms with van der Waals surface area (Å²) in [5.74, 6) is -1.54. The molecule has 0 bridgehead atoms. The maximum Gasteiger partial charge on any atom is 0.332 e. The largest absolute Gasteiger partial charge is 0.381 e. The van der Waals surface area contributed by atoms with Crippen molar-refractivity contribution < 1.29 is 18.3 Å². The fourth-order valence-corrected chi connectivity index (χ4v) is 3.63.